The molecule has 3 atom stereocenters. The molecule has 1 fully saturated rings. The molecule has 0 spiro atoms. The Hall–Kier alpha value is -0.980. The maximum atomic E-state index is 9.62. The molecule has 1 saturated carbocycles. The smallest absolute Gasteiger partial charge is 0.115 e. The van der Waals surface area contributed by atoms with Crippen LogP contribution in [0.25, 0.3) is 0 Å². The van der Waals surface area contributed by atoms with Crippen molar-refractivity contribution in [3.05, 3.63) is 29.3 Å². The molecule has 0 bridgehead atoms. The van der Waals surface area contributed by atoms with Gasteiger partial charge in [-0.1, -0.05) is 32.8 Å². The van der Waals surface area contributed by atoms with Crippen LogP contribution in [0.5, 0.6) is 5.75 Å². The van der Waals surface area contributed by atoms with Gasteiger partial charge in [0.2, 0.25) is 0 Å². The first-order chi connectivity index (χ1) is 8.11. The molecule has 1 aromatic carbocycles. The summed E-state index contributed by atoms with van der Waals surface area (Å²) >= 11 is 0. The summed E-state index contributed by atoms with van der Waals surface area (Å²) in [5, 5.41) is 9.62. The van der Waals surface area contributed by atoms with Gasteiger partial charge in [-0.3, -0.25) is 0 Å². The van der Waals surface area contributed by atoms with E-state index in [0.29, 0.717) is 11.2 Å². The molecule has 2 aliphatic carbocycles. The largest absolute Gasteiger partial charge is 0.508 e. The normalized spacial score (nSPS) is 36.1. The lowest BCUT2D eigenvalue weighted by atomic mass is 9.55. The fraction of sp³-hybridized carbons (Fsp3) is 0.625. The fourth-order valence-electron chi connectivity index (χ4n) is 4.40. The van der Waals surface area contributed by atoms with Crippen LogP contribution >= 0.6 is 0 Å². The molecule has 1 aromatic rings. The second-order valence-corrected chi connectivity index (χ2v) is 6.27. The van der Waals surface area contributed by atoms with Gasteiger partial charge in [-0.2, -0.15) is 0 Å². The van der Waals surface area contributed by atoms with E-state index in [1.807, 2.05) is 12.1 Å². The molecule has 2 aliphatic rings. The summed E-state index contributed by atoms with van der Waals surface area (Å²) in [6, 6.07) is 6.02. The zero-order valence-corrected chi connectivity index (χ0v) is 10.9. The van der Waals surface area contributed by atoms with Crippen molar-refractivity contribution in [2.24, 2.45) is 11.8 Å². The second-order valence-electron chi connectivity index (χ2n) is 6.27. The molecule has 0 aliphatic heterocycles. The van der Waals surface area contributed by atoms with E-state index >= 15 is 0 Å². The predicted octanol–water partition coefficient (Wildman–Crippen LogP) is 4.03. The number of aromatic hydroxyl groups is 1. The lowest BCUT2D eigenvalue weighted by Gasteiger charge is -2.49. The predicted molar refractivity (Wildman–Crippen MR) is 70.3 cm³/mol. The van der Waals surface area contributed by atoms with Crippen molar-refractivity contribution in [1.29, 1.82) is 0 Å². The van der Waals surface area contributed by atoms with Crippen molar-refractivity contribution in [2.75, 3.05) is 0 Å². The van der Waals surface area contributed by atoms with Crippen molar-refractivity contribution in [1.82, 2.24) is 0 Å². The van der Waals surface area contributed by atoms with Crippen LogP contribution in [0.15, 0.2) is 18.2 Å². The summed E-state index contributed by atoms with van der Waals surface area (Å²) in [6.45, 7) is 4.87. The maximum Gasteiger partial charge on any atom is 0.115 e. The number of hydrogen-bond acceptors (Lipinski definition) is 1. The monoisotopic (exact) mass is 230 g/mol. The summed E-state index contributed by atoms with van der Waals surface area (Å²) in [6.07, 6.45) is 6.52. The van der Waals surface area contributed by atoms with Crippen LogP contribution in [0, 0.1) is 11.8 Å². The number of phenolic OH excluding ortho intramolecular Hbond substituents is 1. The van der Waals surface area contributed by atoms with Crippen LogP contribution in [0.4, 0.5) is 0 Å². The van der Waals surface area contributed by atoms with Crippen molar-refractivity contribution in [2.45, 2.75) is 51.4 Å². The lowest BCUT2D eigenvalue weighted by molar-refractivity contribution is 0.117. The van der Waals surface area contributed by atoms with E-state index in [9.17, 15) is 5.11 Å². The first-order valence-electron chi connectivity index (χ1n) is 6.93. The third kappa shape index (κ3) is 1.59. The molecule has 0 heterocycles. The summed E-state index contributed by atoms with van der Waals surface area (Å²) in [5.41, 5.74) is 3.26. The van der Waals surface area contributed by atoms with E-state index in [1.165, 1.54) is 36.8 Å². The average Bonchev–Trinajstić information content (AvgIpc) is 2.28. The van der Waals surface area contributed by atoms with E-state index in [2.05, 4.69) is 19.9 Å². The summed E-state index contributed by atoms with van der Waals surface area (Å²) in [4.78, 5) is 0. The van der Waals surface area contributed by atoms with E-state index in [-0.39, 0.29) is 0 Å². The molecule has 0 radical (unpaired) electrons. The second kappa shape index (κ2) is 3.76. The summed E-state index contributed by atoms with van der Waals surface area (Å²) in [5.74, 6) is 2.12. The standard InChI is InChI=1S/C16H22O/c1-11-4-3-9-16(2)14(11)7-5-12-10-13(17)6-8-15(12)16/h6,8,10-11,14,17H,3-5,7,9H2,1-2H3. The number of phenols is 1. The molecule has 1 nitrogen and oxygen atoms in total. The maximum absolute atomic E-state index is 9.62. The molecule has 0 amide bonds. The van der Waals surface area contributed by atoms with Crippen LogP contribution in [-0.2, 0) is 11.8 Å². The Morgan fingerprint density at radius 3 is 2.94 bits per heavy atom. The van der Waals surface area contributed by atoms with E-state index < -0.39 is 0 Å². The summed E-state index contributed by atoms with van der Waals surface area (Å²) in [7, 11) is 0. The Bertz CT molecular complexity index is 437. The van der Waals surface area contributed by atoms with E-state index in [1.54, 1.807) is 0 Å². The first-order valence-corrected chi connectivity index (χ1v) is 6.93. The minimum atomic E-state index is 0.360. The average molecular weight is 230 g/mol. The Labute approximate surface area is 104 Å². The highest BCUT2D eigenvalue weighted by molar-refractivity contribution is 5.42. The Kier molecular flexibility index (Phi) is 2.46. The van der Waals surface area contributed by atoms with Gasteiger partial charge in [-0.05, 0) is 59.8 Å². The van der Waals surface area contributed by atoms with Crippen LogP contribution in [0.1, 0.15) is 50.7 Å². The van der Waals surface area contributed by atoms with Gasteiger partial charge < -0.3 is 5.11 Å². The highest BCUT2D eigenvalue weighted by Crippen LogP contribution is 2.52. The molecule has 1 heteroatoms. The molecular formula is C16H22O. The van der Waals surface area contributed by atoms with Gasteiger partial charge in [-0.15, -0.1) is 0 Å². The Morgan fingerprint density at radius 1 is 1.29 bits per heavy atom. The minimum absolute atomic E-state index is 0.360. The Morgan fingerprint density at radius 2 is 2.12 bits per heavy atom. The van der Waals surface area contributed by atoms with E-state index in [0.717, 1.165) is 18.3 Å². The van der Waals surface area contributed by atoms with Gasteiger partial charge in [0.25, 0.3) is 0 Å². The molecule has 0 saturated heterocycles. The number of fused-ring (bicyclic) bond motifs is 3. The molecule has 92 valence electrons. The third-order valence-electron chi connectivity index (χ3n) is 5.29. The van der Waals surface area contributed by atoms with Crippen molar-refractivity contribution in [3.8, 4) is 5.75 Å². The van der Waals surface area contributed by atoms with Crippen LogP contribution < -0.4 is 0 Å². The first kappa shape index (κ1) is 11.1. The highest BCUT2D eigenvalue weighted by atomic mass is 16.3. The highest BCUT2D eigenvalue weighted by Gasteiger charge is 2.44. The topological polar surface area (TPSA) is 20.2 Å². The fourth-order valence-corrected chi connectivity index (χ4v) is 4.40. The van der Waals surface area contributed by atoms with Gasteiger partial charge in [0.05, 0.1) is 0 Å². The zero-order chi connectivity index (χ0) is 12.0. The molecule has 17 heavy (non-hydrogen) atoms. The van der Waals surface area contributed by atoms with Crippen molar-refractivity contribution in [3.63, 3.8) is 0 Å². The zero-order valence-electron chi connectivity index (χ0n) is 10.9. The van der Waals surface area contributed by atoms with Gasteiger partial charge in [0.15, 0.2) is 0 Å². The molecule has 3 unspecified atom stereocenters. The third-order valence-corrected chi connectivity index (χ3v) is 5.29. The van der Waals surface area contributed by atoms with Gasteiger partial charge in [0, 0.05) is 0 Å². The number of hydrogen-bond donors (Lipinski definition) is 1. The lowest BCUT2D eigenvalue weighted by Crippen LogP contribution is -2.43. The Balaban J connectivity index is 2.09. The van der Waals surface area contributed by atoms with Gasteiger partial charge in [-0.25, -0.2) is 0 Å². The number of rotatable bonds is 0. The van der Waals surface area contributed by atoms with Crippen LogP contribution in [0.3, 0.4) is 0 Å². The van der Waals surface area contributed by atoms with E-state index in [4.69, 9.17) is 0 Å². The quantitative estimate of drug-likeness (QED) is 0.713. The van der Waals surface area contributed by atoms with Crippen molar-refractivity contribution >= 4 is 0 Å². The van der Waals surface area contributed by atoms with Crippen LogP contribution in [-0.4, -0.2) is 5.11 Å². The number of aryl methyl sites for hydroxylation is 1. The van der Waals surface area contributed by atoms with Crippen molar-refractivity contribution < 1.29 is 5.11 Å². The molecular weight excluding hydrogens is 208 g/mol. The SMILES string of the molecule is CC1CCCC2(C)c3ccc(O)cc3CCC12. The molecule has 3 rings (SSSR count). The molecule has 0 aromatic heterocycles. The van der Waals surface area contributed by atoms with Gasteiger partial charge in [0.1, 0.15) is 5.75 Å². The van der Waals surface area contributed by atoms with Crippen LogP contribution in [0.2, 0.25) is 0 Å². The number of benzene rings is 1. The summed E-state index contributed by atoms with van der Waals surface area (Å²) < 4.78 is 0. The van der Waals surface area contributed by atoms with Gasteiger partial charge >= 0.3 is 0 Å². The minimum Gasteiger partial charge on any atom is -0.508 e. The molecule has 1 N–H and O–H groups in total.